The van der Waals surface area contributed by atoms with Crippen molar-refractivity contribution in [1.82, 2.24) is 19.9 Å². The van der Waals surface area contributed by atoms with Crippen LogP contribution in [-0.2, 0) is 6.54 Å². The van der Waals surface area contributed by atoms with Gasteiger partial charge >= 0.3 is 0 Å². The molecule has 3 aromatic rings. The zero-order valence-electron chi connectivity index (χ0n) is 12.3. The van der Waals surface area contributed by atoms with Crippen LogP contribution in [0.4, 0.5) is 0 Å². The van der Waals surface area contributed by atoms with Gasteiger partial charge in [-0.3, -0.25) is 14.8 Å². The molecular weight excluding hydrogens is 328 g/mol. The van der Waals surface area contributed by atoms with E-state index in [0.29, 0.717) is 24.0 Å². The molecule has 0 aromatic carbocycles. The summed E-state index contributed by atoms with van der Waals surface area (Å²) in [5.41, 5.74) is 2.38. The van der Waals surface area contributed by atoms with Crippen LogP contribution in [0.2, 0.25) is 0 Å². The maximum atomic E-state index is 12.8. The van der Waals surface area contributed by atoms with Crippen LogP contribution in [0.25, 0.3) is 10.7 Å². The van der Waals surface area contributed by atoms with Crippen molar-refractivity contribution in [3.05, 3.63) is 52.1 Å². The van der Waals surface area contributed by atoms with Gasteiger partial charge < -0.3 is 4.90 Å². The number of carbonyl (C=O) groups is 1. The molecule has 0 spiro atoms. The van der Waals surface area contributed by atoms with Crippen molar-refractivity contribution in [3.63, 3.8) is 0 Å². The predicted octanol–water partition coefficient (Wildman–Crippen LogP) is 3.47. The number of hydrogen-bond donors (Lipinski definition) is 0. The van der Waals surface area contributed by atoms with Crippen LogP contribution in [0.3, 0.4) is 0 Å². The molecule has 3 aromatic heterocycles. The molecule has 1 amide bonds. The Morgan fingerprint density at radius 3 is 2.91 bits per heavy atom. The minimum absolute atomic E-state index is 0.00471. The third-order valence-electron chi connectivity index (χ3n) is 3.69. The third kappa shape index (κ3) is 3.16. The predicted molar refractivity (Wildman–Crippen MR) is 90.4 cm³/mol. The molecule has 3 heterocycles. The van der Waals surface area contributed by atoms with Crippen LogP contribution >= 0.6 is 22.7 Å². The summed E-state index contributed by atoms with van der Waals surface area (Å²) in [5.74, 6) is 0.00471. The van der Waals surface area contributed by atoms with E-state index in [1.807, 2.05) is 15.7 Å². The first-order chi connectivity index (χ1) is 11.3. The number of thiazole rings is 1. The molecule has 1 saturated carbocycles. The summed E-state index contributed by atoms with van der Waals surface area (Å²) in [6.07, 6.45) is 7.08. The Balaban J connectivity index is 1.56. The van der Waals surface area contributed by atoms with E-state index in [-0.39, 0.29) is 5.91 Å². The zero-order valence-corrected chi connectivity index (χ0v) is 13.9. The molecular formula is C16H14N4OS2. The Bertz CT molecular complexity index is 797. The average Bonchev–Trinajstić information content (AvgIpc) is 3.10. The molecule has 0 atom stereocenters. The SMILES string of the molecule is O=C(c1csc(-c2cnccn2)n1)N(Cc1ccsc1)C1CC1. The molecule has 7 heteroatoms. The van der Waals surface area contributed by atoms with Crippen LogP contribution in [-0.4, -0.2) is 31.8 Å². The van der Waals surface area contributed by atoms with Crippen LogP contribution in [0.1, 0.15) is 28.9 Å². The van der Waals surface area contributed by atoms with E-state index >= 15 is 0 Å². The Morgan fingerprint density at radius 1 is 1.30 bits per heavy atom. The summed E-state index contributed by atoms with van der Waals surface area (Å²) in [6, 6.07) is 2.42. The highest BCUT2D eigenvalue weighted by molar-refractivity contribution is 7.13. The highest BCUT2D eigenvalue weighted by Gasteiger charge is 2.34. The highest BCUT2D eigenvalue weighted by Crippen LogP contribution is 2.31. The van der Waals surface area contributed by atoms with E-state index in [0.717, 1.165) is 17.8 Å². The minimum atomic E-state index is 0.00471. The van der Waals surface area contributed by atoms with E-state index in [1.54, 1.807) is 29.9 Å². The van der Waals surface area contributed by atoms with Crippen LogP contribution in [0.15, 0.2) is 40.8 Å². The molecule has 1 fully saturated rings. The second-order valence-corrected chi connectivity index (χ2v) is 7.06. The second kappa shape index (κ2) is 6.17. The maximum Gasteiger partial charge on any atom is 0.273 e. The number of rotatable bonds is 5. The molecule has 0 aliphatic heterocycles. The summed E-state index contributed by atoms with van der Waals surface area (Å²) in [6.45, 7) is 0.658. The van der Waals surface area contributed by atoms with Crippen LogP contribution < -0.4 is 0 Å². The first-order valence-corrected chi connectivity index (χ1v) is 9.17. The van der Waals surface area contributed by atoms with Gasteiger partial charge in [0.1, 0.15) is 16.4 Å². The summed E-state index contributed by atoms with van der Waals surface area (Å²) in [5, 5.41) is 6.68. The smallest absolute Gasteiger partial charge is 0.273 e. The van der Waals surface area contributed by atoms with Gasteiger partial charge in [0, 0.05) is 30.4 Å². The Kier molecular flexibility index (Phi) is 3.88. The number of nitrogens with zero attached hydrogens (tertiary/aromatic N) is 4. The molecule has 4 rings (SSSR count). The van der Waals surface area contributed by atoms with Gasteiger partial charge in [-0.05, 0) is 35.2 Å². The van der Waals surface area contributed by atoms with Crippen molar-refractivity contribution >= 4 is 28.6 Å². The maximum absolute atomic E-state index is 12.8. The highest BCUT2D eigenvalue weighted by atomic mass is 32.1. The van der Waals surface area contributed by atoms with Gasteiger partial charge in [0.15, 0.2) is 0 Å². The first kappa shape index (κ1) is 14.5. The van der Waals surface area contributed by atoms with E-state index in [1.165, 1.54) is 16.9 Å². The molecule has 0 saturated heterocycles. The number of thiophene rings is 1. The number of hydrogen-bond acceptors (Lipinski definition) is 6. The molecule has 23 heavy (non-hydrogen) atoms. The van der Waals surface area contributed by atoms with Gasteiger partial charge in [-0.1, -0.05) is 0 Å². The molecule has 0 radical (unpaired) electrons. The van der Waals surface area contributed by atoms with E-state index in [2.05, 4.69) is 26.4 Å². The normalized spacial score (nSPS) is 13.9. The van der Waals surface area contributed by atoms with Crippen molar-refractivity contribution in [2.24, 2.45) is 0 Å². The fourth-order valence-corrected chi connectivity index (χ4v) is 3.79. The lowest BCUT2D eigenvalue weighted by Gasteiger charge is -2.20. The van der Waals surface area contributed by atoms with Crippen molar-refractivity contribution < 1.29 is 4.79 Å². The lowest BCUT2D eigenvalue weighted by atomic mass is 10.3. The summed E-state index contributed by atoms with van der Waals surface area (Å²) < 4.78 is 0. The van der Waals surface area contributed by atoms with Crippen LogP contribution in [0, 0.1) is 0 Å². The molecule has 0 N–H and O–H groups in total. The van der Waals surface area contributed by atoms with Crippen molar-refractivity contribution in [2.75, 3.05) is 0 Å². The Morgan fingerprint density at radius 2 is 2.22 bits per heavy atom. The summed E-state index contributed by atoms with van der Waals surface area (Å²) in [4.78, 5) is 27.5. The third-order valence-corrected chi connectivity index (χ3v) is 5.28. The fraction of sp³-hybridized carbons (Fsp3) is 0.250. The summed E-state index contributed by atoms with van der Waals surface area (Å²) in [7, 11) is 0. The van der Waals surface area contributed by atoms with E-state index in [4.69, 9.17) is 0 Å². The van der Waals surface area contributed by atoms with E-state index < -0.39 is 0 Å². The molecule has 116 valence electrons. The van der Waals surface area contributed by atoms with Crippen molar-refractivity contribution in [3.8, 4) is 10.7 Å². The Hall–Kier alpha value is -2.12. The van der Waals surface area contributed by atoms with Gasteiger partial charge in [-0.15, -0.1) is 11.3 Å². The monoisotopic (exact) mass is 342 g/mol. The largest absolute Gasteiger partial charge is 0.330 e. The molecule has 0 unspecified atom stereocenters. The van der Waals surface area contributed by atoms with Gasteiger partial charge in [-0.25, -0.2) is 4.98 Å². The molecule has 1 aliphatic rings. The van der Waals surface area contributed by atoms with Gasteiger partial charge in [0.2, 0.25) is 0 Å². The number of aromatic nitrogens is 3. The first-order valence-electron chi connectivity index (χ1n) is 7.35. The number of carbonyl (C=O) groups excluding carboxylic acids is 1. The quantitative estimate of drug-likeness (QED) is 0.712. The van der Waals surface area contributed by atoms with E-state index in [9.17, 15) is 4.79 Å². The fourth-order valence-electron chi connectivity index (χ4n) is 2.38. The molecule has 0 bridgehead atoms. The lowest BCUT2D eigenvalue weighted by molar-refractivity contribution is 0.0725. The van der Waals surface area contributed by atoms with Gasteiger partial charge in [0.25, 0.3) is 5.91 Å². The van der Waals surface area contributed by atoms with Crippen molar-refractivity contribution in [2.45, 2.75) is 25.4 Å². The Labute approximate surface area is 141 Å². The average molecular weight is 342 g/mol. The number of amides is 1. The molecule has 1 aliphatic carbocycles. The van der Waals surface area contributed by atoms with Gasteiger partial charge in [-0.2, -0.15) is 11.3 Å². The zero-order chi connectivity index (χ0) is 15.6. The lowest BCUT2D eigenvalue weighted by Crippen LogP contribution is -2.32. The topological polar surface area (TPSA) is 59.0 Å². The van der Waals surface area contributed by atoms with Crippen LogP contribution in [0.5, 0.6) is 0 Å². The van der Waals surface area contributed by atoms with Gasteiger partial charge in [0.05, 0.1) is 6.20 Å². The van der Waals surface area contributed by atoms with Crippen molar-refractivity contribution in [1.29, 1.82) is 0 Å². The minimum Gasteiger partial charge on any atom is -0.330 e. The summed E-state index contributed by atoms with van der Waals surface area (Å²) >= 11 is 3.09. The molecule has 5 nitrogen and oxygen atoms in total. The second-order valence-electron chi connectivity index (χ2n) is 5.42. The standard InChI is InChI=1S/C16H14N4OS2/c21-16(20(12-1-2-12)8-11-3-6-22-9-11)14-10-23-15(19-14)13-7-17-4-5-18-13/h3-7,9-10,12H,1-2,8H2.